The van der Waals surface area contributed by atoms with Crippen LogP contribution in [-0.2, 0) is 9.53 Å². The first kappa shape index (κ1) is 11.4. The van der Waals surface area contributed by atoms with Crippen LogP contribution in [-0.4, -0.2) is 24.3 Å². The molecule has 12 heavy (non-hydrogen) atoms. The monoisotopic (exact) mass is 174 g/mol. The molecule has 1 atom stereocenters. The van der Waals surface area contributed by atoms with Crippen molar-refractivity contribution in [3.8, 4) is 0 Å². The molecule has 1 N–H and O–H groups in total. The number of rotatable bonds is 5. The van der Waals surface area contributed by atoms with Crippen molar-refractivity contribution in [3.63, 3.8) is 0 Å². The van der Waals surface area contributed by atoms with Crippen LogP contribution in [0.1, 0.15) is 33.6 Å². The van der Waals surface area contributed by atoms with Crippen molar-refractivity contribution >= 4 is 5.97 Å². The molecular formula is C9H18O3. The van der Waals surface area contributed by atoms with Crippen molar-refractivity contribution in [2.75, 3.05) is 13.2 Å². The Bertz CT molecular complexity index is 145. The maximum atomic E-state index is 11.3. The summed E-state index contributed by atoms with van der Waals surface area (Å²) in [5.74, 6) is -0.297. The standard InChI is InChI=1S/C9H18O3/c1-4-6-9(3,7-10)8(11)12-5-2/h10H,4-7H2,1-3H3. The van der Waals surface area contributed by atoms with Gasteiger partial charge in [-0.3, -0.25) is 4.79 Å². The van der Waals surface area contributed by atoms with Crippen molar-refractivity contribution in [1.82, 2.24) is 0 Å². The molecule has 0 aliphatic carbocycles. The molecule has 0 aromatic heterocycles. The average Bonchev–Trinajstić information content (AvgIpc) is 2.05. The van der Waals surface area contributed by atoms with Gasteiger partial charge >= 0.3 is 5.97 Å². The van der Waals surface area contributed by atoms with E-state index in [1.807, 2.05) is 6.92 Å². The highest BCUT2D eigenvalue weighted by molar-refractivity contribution is 5.76. The first-order valence-electron chi connectivity index (χ1n) is 4.38. The third kappa shape index (κ3) is 2.81. The molecule has 0 fully saturated rings. The Hall–Kier alpha value is -0.570. The van der Waals surface area contributed by atoms with Crippen LogP contribution in [0, 0.1) is 5.41 Å². The van der Waals surface area contributed by atoms with Crippen LogP contribution in [0.2, 0.25) is 0 Å². The van der Waals surface area contributed by atoms with E-state index < -0.39 is 5.41 Å². The summed E-state index contributed by atoms with van der Waals surface area (Å²) in [5, 5.41) is 9.01. The van der Waals surface area contributed by atoms with Gasteiger partial charge in [-0.15, -0.1) is 0 Å². The summed E-state index contributed by atoms with van der Waals surface area (Å²) in [5.41, 5.74) is -0.704. The minimum absolute atomic E-state index is 0.139. The fourth-order valence-electron chi connectivity index (χ4n) is 1.10. The average molecular weight is 174 g/mol. The summed E-state index contributed by atoms with van der Waals surface area (Å²) in [4.78, 5) is 11.3. The highest BCUT2D eigenvalue weighted by Gasteiger charge is 2.32. The van der Waals surface area contributed by atoms with Gasteiger partial charge < -0.3 is 9.84 Å². The van der Waals surface area contributed by atoms with Gasteiger partial charge in [0.15, 0.2) is 0 Å². The molecule has 0 aliphatic rings. The van der Waals surface area contributed by atoms with Crippen molar-refractivity contribution in [2.45, 2.75) is 33.6 Å². The Morgan fingerprint density at radius 3 is 2.42 bits per heavy atom. The molecule has 3 nitrogen and oxygen atoms in total. The molecule has 0 heterocycles. The highest BCUT2D eigenvalue weighted by atomic mass is 16.5. The van der Waals surface area contributed by atoms with E-state index >= 15 is 0 Å². The van der Waals surface area contributed by atoms with Crippen LogP contribution in [0.25, 0.3) is 0 Å². The molecule has 0 amide bonds. The molecule has 3 heteroatoms. The number of hydrogen-bond donors (Lipinski definition) is 1. The summed E-state index contributed by atoms with van der Waals surface area (Å²) >= 11 is 0. The van der Waals surface area contributed by atoms with Crippen LogP contribution in [0.15, 0.2) is 0 Å². The molecule has 0 aromatic carbocycles. The lowest BCUT2D eigenvalue weighted by atomic mass is 9.87. The maximum absolute atomic E-state index is 11.3. The third-order valence-corrected chi connectivity index (χ3v) is 1.92. The summed E-state index contributed by atoms with van der Waals surface area (Å²) in [6.07, 6.45) is 1.54. The smallest absolute Gasteiger partial charge is 0.314 e. The Labute approximate surface area is 73.7 Å². The molecule has 0 spiro atoms. The molecule has 0 radical (unpaired) electrons. The number of carbonyl (C=O) groups is 1. The Morgan fingerprint density at radius 1 is 1.50 bits per heavy atom. The molecule has 0 rings (SSSR count). The summed E-state index contributed by atoms with van der Waals surface area (Å²) in [6, 6.07) is 0. The van der Waals surface area contributed by atoms with Crippen LogP contribution >= 0.6 is 0 Å². The molecule has 0 aliphatic heterocycles. The van der Waals surface area contributed by atoms with E-state index in [0.29, 0.717) is 13.0 Å². The van der Waals surface area contributed by atoms with Gasteiger partial charge in [0.1, 0.15) is 0 Å². The van der Waals surface area contributed by atoms with Gasteiger partial charge in [0.05, 0.1) is 18.6 Å². The van der Waals surface area contributed by atoms with E-state index in [1.54, 1.807) is 13.8 Å². The van der Waals surface area contributed by atoms with Gasteiger partial charge in [0.25, 0.3) is 0 Å². The number of ether oxygens (including phenoxy) is 1. The Balaban J connectivity index is 4.18. The van der Waals surface area contributed by atoms with Crippen molar-refractivity contribution in [2.24, 2.45) is 5.41 Å². The number of hydrogen-bond acceptors (Lipinski definition) is 3. The lowest BCUT2D eigenvalue weighted by molar-refractivity contribution is -0.157. The third-order valence-electron chi connectivity index (χ3n) is 1.92. The van der Waals surface area contributed by atoms with Gasteiger partial charge in [-0.25, -0.2) is 0 Å². The predicted molar refractivity (Wildman–Crippen MR) is 46.7 cm³/mol. The van der Waals surface area contributed by atoms with Gasteiger partial charge in [-0.05, 0) is 20.3 Å². The summed E-state index contributed by atoms with van der Waals surface area (Å²) in [6.45, 7) is 5.71. The van der Waals surface area contributed by atoms with E-state index in [4.69, 9.17) is 9.84 Å². The minimum atomic E-state index is -0.704. The van der Waals surface area contributed by atoms with Crippen molar-refractivity contribution < 1.29 is 14.6 Å². The molecular weight excluding hydrogens is 156 g/mol. The Kier molecular flexibility index (Phi) is 4.90. The van der Waals surface area contributed by atoms with Crippen LogP contribution in [0.3, 0.4) is 0 Å². The van der Waals surface area contributed by atoms with E-state index in [-0.39, 0.29) is 12.6 Å². The molecule has 0 aromatic rings. The lowest BCUT2D eigenvalue weighted by Crippen LogP contribution is -2.33. The normalized spacial score (nSPS) is 15.3. The quantitative estimate of drug-likeness (QED) is 0.640. The fourth-order valence-corrected chi connectivity index (χ4v) is 1.10. The second kappa shape index (κ2) is 5.14. The molecule has 0 bridgehead atoms. The second-order valence-electron chi connectivity index (χ2n) is 3.19. The number of esters is 1. The van der Waals surface area contributed by atoms with E-state index in [1.165, 1.54) is 0 Å². The number of aliphatic hydroxyl groups is 1. The fraction of sp³-hybridized carbons (Fsp3) is 0.889. The van der Waals surface area contributed by atoms with Crippen LogP contribution < -0.4 is 0 Å². The SMILES string of the molecule is CCCC(C)(CO)C(=O)OCC. The lowest BCUT2D eigenvalue weighted by Gasteiger charge is -2.23. The summed E-state index contributed by atoms with van der Waals surface area (Å²) in [7, 11) is 0. The zero-order valence-corrected chi connectivity index (χ0v) is 8.09. The zero-order chi connectivity index (χ0) is 9.61. The van der Waals surface area contributed by atoms with Gasteiger partial charge in [0, 0.05) is 0 Å². The highest BCUT2D eigenvalue weighted by Crippen LogP contribution is 2.23. The Morgan fingerprint density at radius 2 is 2.08 bits per heavy atom. The summed E-state index contributed by atoms with van der Waals surface area (Å²) < 4.78 is 4.85. The predicted octanol–water partition coefficient (Wildman–Crippen LogP) is 1.35. The van der Waals surface area contributed by atoms with E-state index in [9.17, 15) is 4.79 Å². The number of carbonyl (C=O) groups excluding carboxylic acids is 1. The van der Waals surface area contributed by atoms with E-state index in [0.717, 1.165) is 6.42 Å². The molecule has 0 saturated carbocycles. The largest absolute Gasteiger partial charge is 0.466 e. The second-order valence-corrected chi connectivity index (χ2v) is 3.19. The molecule has 72 valence electrons. The van der Waals surface area contributed by atoms with Crippen molar-refractivity contribution in [3.05, 3.63) is 0 Å². The first-order chi connectivity index (χ1) is 5.60. The van der Waals surface area contributed by atoms with E-state index in [2.05, 4.69) is 0 Å². The minimum Gasteiger partial charge on any atom is -0.466 e. The van der Waals surface area contributed by atoms with Crippen molar-refractivity contribution in [1.29, 1.82) is 0 Å². The maximum Gasteiger partial charge on any atom is 0.314 e. The topological polar surface area (TPSA) is 46.5 Å². The number of aliphatic hydroxyl groups excluding tert-OH is 1. The first-order valence-corrected chi connectivity index (χ1v) is 4.38. The van der Waals surface area contributed by atoms with Crippen LogP contribution in [0.4, 0.5) is 0 Å². The zero-order valence-electron chi connectivity index (χ0n) is 8.09. The van der Waals surface area contributed by atoms with Crippen LogP contribution in [0.5, 0.6) is 0 Å². The van der Waals surface area contributed by atoms with Gasteiger partial charge in [-0.1, -0.05) is 13.3 Å². The molecule has 0 saturated heterocycles. The van der Waals surface area contributed by atoms with Gasteiger partial charge in [-0.2, -0.15) is 0 Å². The van der Waals surface area contributed by atoms with Gasteiger partial charge in [0.2, 0.25) is 0 Å². The molecule has 1 unspecified atom stereocenters.